The summed E-state index contributed by atoms with van der Waals surface area (Å²) in [5.74, 6) is -3.08. The standard InChI is InChI=1S/C13H15F5N2/c14-12(15)4-3-8(5-12)6-20-7-10(13(16,17)18)11(19-20)9-1-2-9/h7-9H,1-6H2/t8-/m0/s1. The Morgan fingerprint density at radius 3 is 2.45 bits per heavy atom. The van der Waals surface area contributed by atoms with E-state index in [2.05, 4.69) is 5.10 Å². The van der Waals surface area contributed by atoms with Crippen molar-refractivity contribution < 1.29 is 22.0 Å². The van der Waals surface area contributed by atoms with Gasteiger partial charge in [0.1, 0.15) is 0 Å². The van der Waals surface area contributed by atoms with E-state index in [0.29, 0.717) is 6.42 Å². The average Bonchev–Trinajstić information content (AvgIpc) is 2.97. The highest BCUT2D eigenvalue weighted by atomic mass is 19.4. The molecule has 2 saturated carbocycles. The van der Waals surface area contributed by atoms with E-state index in [1.807, 2.05) is 0 Å². The van der Waals surface area contributed by atoms with Gasteiger partial charge in [-0.1, -0.05) is 0 Å². The molecule has 0 saturated heterocycles. The second kappa shape index (κ2) is 4.43. The normalized spacial score (nSPS) is 26.1. The molecule has 0 unspecified atom stereocenters. The molecule has 2 aliphatic rings. The van der Waals surface area contributed by atoms with Crippen molar-refractivity contribution in [3.8, 4) is 0 Å². The smallest absolute Gasteiger partial charge is 0.272 e. The fourth-order valence-corrected chi connectivity index (χ4v) is 2.87. The molecule has 0 spiro atoms. The van der Waals surface area contributed by atoms with Crippen molar-refractivity contribution in [1.29, 1.82) is 0 Å². The first-order valence-corrected chi connectivity index (χ1v) is 6.77. The molecular formula is C13H15F5N2. The molecule has 1 heterocycles. The van der Waals surface area contributed by atoms with Crippen molar-refractivity contribution in [3.05, 3.63) is 17.5 Å². The van der Waals surface area contributed by atoms with Gasteiger partial charge in [-0.2, -0.15) is 18.3 Å². The lowest BCUT2D eigenvalue weighted by molar-refractivity contribution is -0.138. The van der Waals surface area contributed by atoms with Gasteiger partial charge in [0.25, 0.3) is 0 Å². The first kappa shape index (κ1) is 13.8. The van der Waals surface area contributed by atoms with Gasteiger partial charge < -0.3 is 0 Å². The molecule has 0 amide bonds. The van der Waals surface area contributed by atoms with Crippen LogP contribution in [0.25, 0.3) is 0 Å². The Hall–Kier alpha value is -1.14. The third-order valence-corrected chi connectivity index (χ3v) is 4.01. The van der Waals surface area contributed by atoms with Crippen LogP contribution in [0.4, 0.5) is 22.0 Å². The molecule has 1 atom stereocenters. The number of nitrogens with zero attached hydrogens (tertiary/aromatic N) is 2. The van der Waals surface area contributed by atoms with E-state index in [-0.39, 0.29) is 36.9 Å². The Balaban J connectivity index is 1.77. The zero-order valence-electron chi connectivity index (χ0n) is 10.8. The Morgan fingerprint density at radius 1 is 1.25 bits per heavy atom. The minimum atomic E-state index is -4.42. The maximum absolute atomic E-state index is 13.1. The number of hydrogen-bond donors (Lipinski definition) is 0. The summed E-state index contributed by atoms with van der Waals surface area (Å²) >= 11 is 0. The van der Waals surface area contributed by atoms with Crippen molar-refractivity contribution in [2.24, 2.45) is 5.92 Å². The molecule has 0 radical (unpaired) electrons. The Kier molecular flexibility index (Phi) is 3.06. The van der Waals surface area contributed by atoms with E-state index in [0.717, 1.165) is 19.0 Å². The van der Waals surface area contributed by atoms with Crippen LogP contribution in [0.15, 0.2) is 6.20 Å². The van der Waals surface area contributed by atoms with Crippen LogP contribution >= 0.6 is 0 Å². The van der Waals surface area contributed by atoms with E-state index in [4.69, 9.17) is 0 Å². The predicted molar refractivity (Wildman–Crippen MR) is 61.5 cm³/mol. The summed E-state index contributed by atoms with van der Waals surface area (Å²) < 4.78 is 66.1. The molecule has 0 bridgehead atoms. The first-order chi connectivity index (χ1) is 9.24. The molecule has 2 aliphatic carbocycles. The second-order valence-corrected chi connectivity index (χ2v) is 5.89. The molecular weight excluding hydrogens is 279 g/mol. The topological polar surface area (TPSA) is 17.8 Å². The Labute approximate surface area is 113 Å². The number of rotatable bonds is 3. The molecule has 2 nitrogen and oxygen atoms in total. The molecule has 20 heavy (non-hydrogen) atoms. The minimum Gasteiger partial charge on any atom is -0.272 e. The van der Waals surface area contributed by atoms with E-state index < -0.39 is 17.7 Å². The average molecular weight is 294 g/mol. The number of hydrogen-bond acceptors (Lipinski definition) is 1. The third-order valence-electron chi connectivity index (χ3n) is 4.01. The fourth-order valence-electron chi connectivity index (χ4n) is 2.87. The highest BCUT2D eigenvalue weighted by Crippen LogP contribution is 2.45. The summed E-state index contributed by atoms with van der Waals surface area (Å²) in [4.78, 5) is 0. The molecule has 0 aliphatic heterocycles. The fraction of sp³-hybridized carbons (Fsp3) is 0.769. The van der Waals surface area contributed by atoms with Crippen LogP contribution in [0, 0.1) is 5.92 Å². The number of aromatic nitrogens is 2. The molecule has 1 aromatic rings. The number of alkyl halides is 5. The highest BCUT2D eigenvalue weighted by molar-refractivity contribution is 5.27. The Morgan fingerprint density at radius 2 is 1.95 bits per heavy atom. The van der Waals surface area contributed by atoms with Gasteiger partial charge >= 0.3 is 6.18 Å². The SMILES string of the molecule is FC1(F)CC[C@H](Cn2cc(C(F)(F)F)c(C3CC3)n2)C1. The lowest BCUT2D eigenvalue weighted by Crippen LogP contribution is -2.13. The summed E-state index contributed by atoms with van der Waals surface area (Å²) in [6, 6.07) is 0. The second-order valence-electron chi connectivity index (χ2n) is 5.89. The van der Waals surface area contributed by atoms with E-state index in [1.54, 1.807) is 0 Å². The van der Waals surface area contributed by atoms with E-state index >= 15 is 0 Å². The van der Waals surface area contributed by atoms with E-state index in [9.17, 15) is 22.0 Å². The van der Waals surface area contributed by atoms with Crippen LogP contribution < -0.4 is 0 Å². The zero-order valence-corrected chi connectivity index (χ0v) is 10.8. The van der Waals surface area contributed by atoms with Crippen molar-refractivity contribution in [1.82, 2.24) is 9.78 Å². The summed E-state index contributed by atoms with van der Waals surface area (Å²) in [6.45, 7) is 0.144. The van der Waals surface area contributed by atoms with Gasteiger partial charge in [-0.05, 0) is 25.2 Å². The minimum absolute atomic E-state index is 0.0854. The van der Waals surface area contributed by atoms with Crippen LogP contribution in [0.1, 0.15) is 49.3 Å². The monoisotopic (exact) mass is 294 g/mol. The maximum atomic E-state index is 13.1. The maximum Gasteiger partial charge on any atom is 0.419 e. The molecule has 2 fully saturated rings. The molecule has 0 N–H and O–H groups in total. The molecule has 7 heteroatoms. The quantitative estimate of drug-likeness (QED) is 0.763. The molecule has 1 aromatic heterocycles. The van der Waals surface area contributed by atoms with Gasteiger partial charge in [-0.15, -0.1) is 0 Å². The summed E-state index contributed by atoms with van der Waals surface area (Å²) in [7, 11) is 0. The van der Waals surface area contributed by atoms with Crippen molar-refractivity contribution in [3.63, 3.8) is 0 Å². The first-order valence-electron chi connectivity index (χ1n) is 6.77. The molecule has 0 aromatic carbocycles. The van der Waals surface area contributed by atoms with Crippen molar-refractivity contribution in [2.45, 2.75) is 56.7 Å². The predicted octanol–water partition coefficient (Wildman–Crippen LogP) is 4.21. The molecule has 3 rings (SSSR count). The van der Waals surface area contributed by atoms with Gasteiger partial charge in [0.05, 0.1) is 11.3 Å². The van der Waals surface area contributed by atoms with Gasteiger partial charge in [0.2, 0.25) is 5.92 Å². The van der Waals surface area contributed by atoms with E-state index in [1.165, 1.54) is 4.68 Å². The van der Waals surface area contributed by atoms with Crippen LogP contribution in [0.5, 0.6) is 0 Å². The highest BCUT2D eigenvalue weighted by Gasteiger charge is 2.42. The van der Waals surface area contributed by atoms with Crippen LogP contribution in [0.2, 0.25) is 0 Å². The van der Waals surface area contributed by atoms with Gasteiger partial charge in [0.15, 0.2) is 0 Å². The lowest BCUT2D eigenvalue weighted by Gasteiger charge is -2.10. The van der Waals surface area contributed by atoms with Gasteiger partial charge in [-0.3, -0.25) is 4.68 Å². The zero-order chi connectivity index (χ0) is 14.5. The van der Waals surface area contributed by atoms with Crippen LogP contribution in [-0.2, 0) is 12.7 Å². The lowest BCUT2D eigenvalue weighted by atomic mass is 10.1. The molecule has 112 valence electrons. The van der Waals surface area contributed by atoms with Crippen LogP contribution in [-0.4, -0.2) is 15.7 Å². The van der Waals surface area contributed by atoms with Crippen LogP contribution in [0.3, 0.4) is 0 Å². The number of halogens is 5. The van der Waals surface area contributed by atoms with Gasteiger partial charge in [-0.25, -0.2) is 8.78 Å². The largest absolute Gasteiger partial charge is 0.419 e. The summed E-state index contributed by atoms with van der Waals surface area (Å²) in [6.07, 6.45) is -2.09. The van der Waals surface area contributed by atoms with Gasteiger partial charge in [0, 0.05) is 31.5 Å². The summed E-state index contributed by atoms with van der Waals surface area (Å²) in [5, 5.41) is 4.00. The Bertz CT molecular complexity index is 501. The third kappa shape index (κ3) is 2.81. The summed E-state index contributed by atoms with van der Waals surface area (Å²) in [5.41, 5.74) is -0.619. The van der Waals surface area contributed by atoms with Crippen molar-refractivity contribution >= 4 is 0 Å². The van der Waals surface area contributed by atoms with Crippen molar-refractivity contribution in [2.75, 3.05) is 0 Å².